The van der Waals surface area contributed by atoms with Crippen molar-refractivity contribution >= 4 is 34.6 Å². The summed E-state index contributed by atoms with van der Waals surface area (Å²) >= 11 is 1.43. The fourth-order valence-electron chi connectivity index (χ4n) is 3.49. The van der Waals surface area contributed by atoms with E-state index in [0.717, 1.165) is 36.8 Å². The van der Waals surface area contributed by atoms with Gasteiger partial charge >= 0.3 is 5.97 Å². The largest absolute Gasteiger partial charge is 0.451 e. The molecule has 2 aromatic rings. The lowest BCUT2D eigenvalue weighted by Crippen LogP contribution is -2.21. The van der Waals surface area contributed by atoms with Crippen LogP contribution in [0.3, 0.4) is 0 Å². The van der Waals surface area contributed by atoms with Crippen LogP contribution in [0.15, 0.2) is 18.2 Å². The molecule has 7 nitrogen and oxygen atoms in total. The molecule has 1 heterocycles. The Kier molecular flexibility index (Phi) is 6.32. The second-order valence-corrected chi connectivity index (χ2v) is 8.55. The van der Waals surface area contributed by atoms with Gasteiger partial charge in [-0.15, -0.1) is 11.3 Å². The molecule has 0 radical (unpaired) electrons. The molecule has 154 valence electrons. The molecule has 0 saturated carbocycles. The molecule has 1 aliphatic carbocycles. The molecule has 29 heavy (non-hydrogen) atoms. The highest BCUT2D eigenvalue weighted by atomic mass is 32.1. The Bertz CT molecular complexity index is 966. The predicted octanol–water partition coefficient (Wildman–Crippen LogP) is 4.58. The normalized spacial score (nSPS) is 15.5. The Labute approximate surface area is 173 Å². The lowest BCUT2D eigenvalue weighted by Gasteiger charge is -2.19. The molecule has 1 N–H and O–H groups in total. The van der Waals surface area contributed by atoms with Crippen LogP contribution in [0.2, 0.25) is 0 Å². The van der Waals surface area contributed by atoms with Crippen LogP contribution in [-0.2, 0) is 22.4 Å². The molecule has 0 fully saturated rings. The van der Waals surface area contributed by atoms with Crippen LogP contribution < -0.4 is 5.32 Å². The topological polar surface area (TPSA) is 98.5 Å². The van der Waals surface area contributed by atoms with Gasteiger partial charge in [-0.05, 0) is 67.9 Å². The zero-order valence-electron chi connectivity index (χ0n) is 16.7. The minimum absolute atomic E-state index is 0.0938. The minimum atomic E-state index is -0.614. The molecule has 1 aromatic heterocycles. The van der Waals surface area contributed by atoms with Gasteiger partial charge < -0.3 is 10.1 Å². The molecule has 3 rings (SSSR count). The number of hydrogen-bond donors (Lipinski definition) is 1. The van der Waals surface area contributed by atoms with Crippen LogP contribution in [0.5, 0.6) is 0 Å². The number of aryl methyl sites for hydroxylation is 3. The molecule has 1 atom stereocenters. The fourth-order valence-corrected chi connectivity index (χ4v) is 4.59. The van der Waals surface area contributed by atoms with Crippen molar-refractivity contribution in [3.63, 3.8) is 0 Å². The molecule has 1 aromatic carbocycles. The summed E-state index contributed by atoms with van der Waals surface area (Å²) in [6.45, 7) is 5.24. The highest BCUT2D eigenvalue weighted by Gasteiger charge is 2.23. The summed E-state index contributed by atoms with van der Waals surface area (Å²) < 4.78 is 5.14. The standard InChI is InChI=1S/C21H24N2O5S/c1-4-14-5-6-18-15(9-14)10-19(29-18)21(25)28-11-20(24)22-16-7-12(2)13(3)8-17(16)23(26)27/h7-8,10,14H,4-6,9,11H2,1-3H3,(H,22,24). The van der Waals surface area contributed by atoms with Gasteiger partial charge in [0.05, 0.1) is 4.92 Å². The van der Waals surface area contributed by atoms with E-state index in [9.17, 15) is 19.7 Å². The number of anilines is 1. The van der Waals surface area contributed by atoms with E-state index in [1.165, 1.54) is 27.8 Å². The first-order valence-corrected chi connectivity index (χ1v) is 10.4. The van der Waals surface area contributed by atoms with Gasteiger partial charge in [-0.1, -0.05) is 13.3 Å². The Hall–Kier alpha value is -2.74. The molecular weight excluding hydrogens is 392 g/mol. The molecule has 0 aliphatic heterocycles. The summed E-state index contributed by atoms with van der Waals surface area (Å²) in [5, 5.41) is 13.7. The molecule has 8 heteroatoms. The minimum Gasteiger partial charge on any atom is -0.451 e. The number of hydrogen-bond acceptors (Lipinski definition) is 6. The van der Waals surface area contributed by atoms with Gasteiger partial charge in [0.15, 0.2) is 6.61 Å². The van der Waals surface area contributed by atoms with Crippen LogP contribution in [0.4, 0.5) is 11.4 Å². The van der Waals surface area contributed by atoms with Gasteiger partial charge in [0.1, 0.15) is 10.6 Å². The SMILES string of the molecule is CCC1CCc2sc(C(=O)OCC(=O)Nc3cc(C)c(C)cc3[N+](=O)[O-])cc2C1. The van der Waals surface area contributed by atoms with Crippen molar-refractivity contribution in [1.82, 2.24) is 0 Å². The number of carbonyl (C=O) groups is 2. The summed E-state index contributed by atoms with van der Waals surface area (Å²) in [4.78, 5) is 36.9. The predicted molar refractivity (Wildman–Crippen MR) is 112 cm³/mol. The number of nitro benzene ring substituents is 1. The number of fused-ring (bicyclic) bond motifs is 1. The van der Waals surface area contributed by atoms with Crippen LogP contribution in [0.1, 0.15) is 51.0 Å². The third-order valence-electron chi connectivity index (χ3n) is 5.38. The molecule has 0 spiro atoms. The Morgan fingerprint density at radius 1 is 1.28 bits per heavy atom. The van der Waals surface area contributed by atoms with Crippen LogP contribution in [0.25, 0.3) is 0 Å². The quantitative estimate of drug-likeness (QED) is 0.422. The lowest BCUT2D eigenvalue weighted by molar-refractivity contribution is -0.384. The number of amides is 1. The van der Waals surface area contributed by atoms with Gasteiger partial charge in [-0.25, -0.2) is 4.79 Å². The average Bonchev–Trinajstić information content (AvgIpc) is 3.11. The van der Waals surface area contributed by atoms with Gasteiger partial charge in [-0.2, -0.15) is 0 Å². The number of benzene rings is 1. The number of nitro groups is 1. The molecular formula is C21H24N2O5S. The van der Waals surface area contributed by atoms with Crippen molar-refractivity contribution in [2.45, 2.75) is 46.5 Å². The maximum Gasteiger partial charge on any atom is 0.348 e. The number of esters is 1. The Morgan fingerprint density at radius 2 is 2.00 bits per heavy atom. The maximum atomic E-state index is 12.3. The van der Waals surface area contributed by atoms with E-state index >= 15 is 0 Å². The average molecular weight is 416 g/mol. The van der Waals surface area contributed by atoms with E-state index in [-0.39, 0.29) is 11.4 Å². The van der Waals surface area contributed by atoms with E-state index in [2.05, 4.69) is 12.2 Å². The molecule has 1 aliphatic rings. The number of rotatable bonds is 6. The van der Waals surface area contributed by atoms with E-state index in [1.807, 2.05) is 6.07 Å². The zero-order valence-corrected chi connectivity index (χ0v) is 17.6. The lowest BCUT2D eigenvalue weighted by atomic mass is 9.87. The second kappa shape index (κ2) is 8.73. The van der Waals surface area contributed by atoms with Crippen LogP contribution >= 0.6 is 11.3 Å². The summed E-state index contributed by atoms with van der Waals surface area (Å²) in [5.74, 6) is -0.500. The van der Waals surface area contributed by atoms with E-state index in [0.29, 0.717) is 10.8 Å². The van der Waals surface area contributed by atoms with E-state index < -0.39 is 23.4 Å². The Balaban J connectivity index is 1.62. The van der Waals surface area contributed by atoms with Crippen LogP contribution in [-0.4, -0.2) is 23.4 Å². The number of thiophene rings is 1. The maximum absolute atomic E-state index is 12.3. The molecule has 1 amide bonds. The van der Waals surface area contributed by atoms with E-state index in [1.54, 1.807) is 19.9 Å². The zero-order chi connectivity index (χ0) is 21.1. The van der Waals surface area contributed by atoms with Crippen molar-refractivity contribution in [3.05, 3.63) is 54.8 Å². The second-order valence-electron chi connectivity index (χ2n) is 7.41. The van der Waals surface area contributed by atoms with Gasteiger partial charge in [-0.3, -0.25) is 14.9 Å². The number of carbonyl (C=O) groups excluding carboxylic acids is 2. The number of ether oxygens (including phenoxy) is 1. The molecule has 0 saturated heterocycles. The molecule has 0 bridgehead atoms. The third-order valence-corrected chi connectivity index (χ3v) is 6.60. The number of nitrogens with zero attached hydrogens (tertiary/aromatic N) is 1. The summed E-state index contributed by atoms with van der Waals surface area (Å²) in [7, 11) is 0. The third kappa shape index (κ3) is 4.82. The first-order chi connectivity index (χ1) is 13.8. The smallest absolute Gasteiger partial charge is 0.348 e. The van der Waals surface area contributed by atoms with Crippen molar-refractivity contribution in [2.75, 3.05) is 11.9 Å². The number of nitrogens with one attached hydrogen (secondary N) is 1. The van der Waals surface area contributed by atoms with E-state index in [4.69, 9.17) is 4.74 Å². The van der Waals surface area contributed by atoms with Crippen molar-refractivity contribution in [3.8, 4) is 0 Å². The highest BCUT2D eigenvalue weighted by molar-refractivity contribution is 7.14. The van der Waals surface area contributed by atoms with Crippen molar-refractivity contribution in [1.29, 1.82) is 0 Å². The summed E-state index contributed by atoms with van der Waals surface area (Å²) in [6, 6.07) is 4.83. The first-order valence-electron chi connectivity index (χ1n) is 9.62. The molecule has 1 unspecified atom stereocenters. The van der Waals surface area contributed by atoms with Crippen LogP contribution in [0, 0.1) is 29.9 Å². The highest BCUT2D eigenvalue weighted by Crippen LogP contribution is 2.34. The fraction of sp³-hybridized carbons (Fsp3) is 0.429. The van der Waals surface area contributed by atoms with Crippen molar-refractivity contribution in [2.24, 2.45) is 5.92 Å². The monoisotopic (exact) mass is 416 g/mol. The first kappa shape index (κ1) is 21.0. The summed E-state index contributed by atoms with van der Waals surface area (Å²) in [6.07, 6.45) is 4.21. The summed E-state index contributed by atoms with van der Waals surface area (Å²) in [5.41, 5.74) is 2.68. The van der Waals surface area contributed by atoms with Gasteiger partial charge in [0.25, 0.3) is 11.6 Å². The Morgan fingerprint density at radius 3 is 2.69 bits per heavy atom. The van der Waals surface area contributed by atoms with Crippen molar-refractivity contribution < 1.29 is 19.2 Å². The van der Waals surface area contributed by atoms with Gasteiger partial charge in [0, 0.05) is 10.9 Å². The van der Waals surface area contributed by atoms with Gasteiger partial charge in [0.2, 0.25) is 0 Å².